The minimum Gasteiger partial charge on any atom is -0.393 e. The second kappa shape index (κ2) is 39.5. The molecule has 64 heavy (non-hydrogen) atoms. The Labute approximate surface area is 387 Å². The van der Waals surface area contributed by atoms with E-state index in [1.54, 1.807) is 6.08 Å². The standard InChI is InChI=1S/C50H94NO12P/c1-3-5-7-9-11-13-15-17-18-19-20-21-22-23-24-26-28-30-32-34-36-38-43(53)42(40-62-64(60,61)63-50-48(58)46(56)45(55)47(57)49(50)59)51-44(54)39-41(52)37-35-33-31-29-27-25-16-14-12-10-8-6-4-2/h14,16,28,30,36,38,41-43,45-50,52-53,55-59H,3-13,15,17-27,29,31-35,37,39-40H2,1-2H3,(H,51,54)(H,60,61)/b16-14-,30-28+,38-36+. The van der Waals surface area contributed by atoms with E-state index in [0.29, 0.717) is 12.8 Å². The van der Waals surface area contributed by atoms with Gasteiger partial charge in [-0.25, -0.2) is 4.57 Å². The highest BCUT2D eigenvalue weighted by Crippen LogP contribution is 2.47. The summed E-state index contributed by atoms with van der Waals surface area (Å²) in [6.45, 7) is 3.72. The van der Waals surface area contributed by atoms with E-state index in [-0.39, 0.29) is 6.42 Å². The number of carbonyl (C=O) groups excluding carboxylic acids is 1. The number of carbonyl (C=O) groups is 1. The average molecular weight is 932 g/mol. The topological polar surface area (TPSA) is 226 Å². The van der Waals surface area contributed by atoms with E-state index < -0.39 is 75.2 Å². The summed E-state index contributed by atoms with van der Waals surface area (Å²) in [5, 5.41) is 74.6. The third kappa shape index (κ3) is 30.7. The van der Waals surface area contributed by atoms with Crippen molar-refractivity contribution in [1.29, 1.82) is 0 Å². The summed E-state index contributed by atoms with van der Waals surface area (Å²) in [5.74, 6) is -0.608. The summed E-state index contributed by atoms with van der Waals surface area (Å²) in [6.07, 6.45) is 32.3. The van der Waals surface area contributed by atoms with Crippen LogP contribution in [-0.4, -0.2) is 108 Å². The van der Waals surface area contributed by atoms with Gasteiger partial charge in [-0.05, 0) is 57.8 Å². The van der Waals surface area contributed by atoms with Gasteiger partial charge in [-0.1, -0.05) is 185 Å². The Kier molecular flexibility index (Phi) is 37.4. The zero-order chi connectivity index (χ0) is 47.3. The Hall–Kier alpha value is -1.48. The Morgan fingerprint density at radius 3 is 1.39 bits per heavy atom. The number of hydrogen-bond acceptors (Lipinski definition) is 11. The minimum absolute atomic E-state index is 0.258. The molecule has 14 heteroatoms. The van der Waals surface area contributed by atoms with Crippen molar-refractivity contribution in [3.63, 3.8) is 0 Å². The molecule has 13 nitrogen and oxygen atoms in total. The fraction of sp³-hybridized carbons (Fsp3) is 0.860. The van der Waals surface area contributed by atoms with E-state index in [1.165, 1.54) is 122 Å². The normalized spacial score (nSPS) is 23.0. The molecule has 0 bridgehead atoms. The summed E-state index contributed by atoms with van der Waals surface area (Å²) < 4.78 is 22.9. The Balaban J connectivity index is 2.52. The van der Waals surface area contributed by atoms with Crippen LogP contribution in [0.4, 0.5) is 0 Å². The first-order valence-electron chi connectivity index (χ1n) is 25.5. The van der Waals surface area contributed by atoms with Crippen LogP contribution < -0.4 is 5.32 Å². The third-order valence-electron chi connectivity index (χ3n) is 12.2. The summed E-state index contributed by atoms with van der Waals surface area (Å²) in [6, 6.07) is -1.26. The number of nitrogens with one attached hydrogen (secondary N) is 1. The highest BCUT2D eigenvalue weighted by atomic mass is 31.2. The van der Waals surface area contributed by atoms with Gasteiger partial charge in [0.05, 0.1) is 31.3 Å². The van der Waals surface area contributed by atoms with Gasteiger partial charge in [-0.2, -0.15) is 0 Å². The van der Waals surface area contributed by atoms with Crippen LogP contribution in [0.3, 0.4) is 0 Å². The number of phosphoric ester groups is 1. The number of allylic oxidation sites excluding steroid dienone is 5. The molecule has 0 heterocycles. The SMILES string of the molecule is CCCCCC/C=C\CCCCCCCC(O)CC(=O)NC(COP(=O)(O)OC1C(O)C(O)C(O)C(O)C1O)C(O)/C=C/CC/C=C/CCCCCCCCCCCCCCCCC. The van der Waals surface area contributed by atoms with Crippen molar-refractivity contribution < 1.29 is 59.0 Å². The molecule has 0 aromatic carbocycles. The molecule has 0 aliphatic heterocycles. The van der Waals surface area contributed by atoms with Crippen LogP contribution in [0.5, 0.6) is 0 Å². The maximum Gasteiger partial charge on any atom is 0.472 e. The number of aliphatic hydroxyl groups excluding tert-OH is 7. The molecule has 1 amide bonds. The molecule has 9 N–H and O–H groups in total. The van der Waals surface area contributed by atoms with Gasteiger partial charge in [-0.3, -0.25) is 13.8 Å². The first kappa shape index (κ1) is 60.5. The first-order chi connectivity index (χ1) is 30.8. The monoisotopic (exact) mass is 932 g/mol. The number of amides is 1. The van der Waals surface area contributed by atoms with Gasteiger partial charge in [0.25, 0.3) is 0 Å². The second-order valence-electron chi connectivity index (χ2n) is 18.2. The molecule has 0 aromatic heterocycles. The van der Waals surface area contributed by atoms with E-state index in [1.807, 2.05) is 0 Å². The molecule has 1 aliphatic carbocycles. The van der Waals surface area contributed by atoms with Gasteiger partial charge in [-0.15, -0.1) is 0 Å². The lowest BCUT2D eigenvalue weighted by Gasteiger charge is -2.41. The van der Waals surface area contributed by atoms with Gasteiger partial charge in [0.2, 0.25) is 5.91 Å². The highest BCUT2D eigenvalue weighted by molar-refractivity contribution is 7.47. The summed E-state index contributed by atoms with van der Waals surface area (Å²) in [5.41, 5.74) is 0. The quantitative estimate of drug-likeness (QED) is 0.0159. The number of rotatable bonds is 42. The Morgan fingerprint density at radius 1 is 0.547 bits per heavy atom. The number of phosphoric acid groups is 1. The van der Waals surface area contributed by atoms with Crippen molar-refractivity contribution in [1.82, 2.24) is 5.32 Å². The van der Waals surface area contributed by atoms with Crippen molar-refractivity contribution in [3.05, 3.63) is 36.5 Å². The van der Waals surface area contributed by atoms with Crippen LogP contribution in [0.2, 0.25) is 0 Å². The zero-order valence-electron chi connectivity index (χ0n) is 39.9. The molecular weight excluding hydrogens is 838 g/mol. The summed E-state index contributed by atoms with van der Waals surface area (Å²) in [7, 11) is -5.15. The molecule has 8 atom stereocenters. The van der Waals surface area contributed by atoms with Gasteiger partial charge in [0.1, 0.15) is 36.6 Å². The summed E-state index contributed by atoms with van der Waals surface area (Å²) >= 11 is 0. The lowest BCUT2D eigenvalue weighted by Crippen LogP contribution is -2.64. The van der Waals surface area contributed by atoms with E-state index in [2.05, 4.69) is 43.5 Å². The predicted octanol–water partition coefficient (Wildman–Crippen LogP) is 9.31. The zero-order valence-corrected chi connectivity index (χ0v) is 40.8. The van der Waals surface area contributed by atoms with Gasteiger partial charge >= 0.3 is 7.82 Å². The van der Waals surface area contributed by atoms with Crippen LogP contribution >= 0.6 is 7.82 Å². The van der Waals surface area contributed by atoms with Crippen LogP contribution in [0.25, 0.3) is 0 Å². The maximum absolute atomic E-state index is 13.0. The number of unbranched alkanes of at least 4 members (excludes halogenated alkanes) is 25. The van der Waals surface area contributed by atoms with Gasteiger partial charge in [0.15, 0.2) is 0 Å². The van der Waals surface area contributed by atoms with Crippen LogP contribution in [0.1, 0.15) is 213 Å². The molecule has 0 aromatic rings. The molecule has 0 saturated heterocycles. The molecule has 1 aliphatic rings. The van der Waals surface area contributed by atoms with Crippen molar-refractivity contribution in [2.45, 2.75) is 268 Å². The van der Waals surface area contributed by atoms with Crippen molar-refractivity contribution in [2.75, 3.05) is 6.61 Å². The molecule has 0 radical (unpaired) electrons. The molecule has 8 unspecified atom stereocenters. The minimum atomic E-state index is -5.15. The smallest absolute Gasteiger partial charge is 0.393 e. The van der Waals surface area contributed by atoms with Gasteiger partial charge in [0, 0.05) is 0 Å². The Morgan fingerprint density at radius 2 is 0.922 bits per heavy atom. The van der Waals surface area contributed by atoms with Crippen molar-refractivity contribution in [2.24, 2.45) is 0 Å². The average Bonchev–Trinajstić information content (AvgIpc) is 3.27. The van der Waals surface area contributed by atoms with Crippen LogP contribution in [-0.2, 0) is 18.4 Å². The lowest BCUT2D eigenvalue weighted by atomic mass is 9.85. The molecule has 1 fully saturated rings. The molecular formula is C50H94NO12P. The predicted molar refractivity (Wildman–Crippen MR) is 257 cm³/mol. The van der Waals surface area contributed by atoms with Crippen molar-refractivity contribution >= 4 is 13.7 Å². The number of aliphatic hydroxyl groups is 7. The molecule has 376 valence electrons. The van der Waals surface area contributed by atoms with E-state index in [0.717, 1.165) is 64.2 Å². The van der Waals surface area contributed by atoms with Crippen LogP contribution in [0, 0.1) is 0 Å². The largest absolute Gasteiger partial charge is 0.472 e. The highest BCUT2D eigenvalue weighted by Gasteiger charge is 2.51. The number of hydrogen-bond donors (Lipinski definition) is 9. The third-order valence-corrected chi connectivity index (χ3v) is 13.2. The van der Waals surface area contributed by atoms with Crippen LogP contribution in [0.15, 0.2) is 36.5 Å². The second-order valence-corrected chi connectivity index (χ2v) is 19.6. The van der Waals surface area contributed by atoms with Gasteiger partial charge < -0.3 is 46.0 Å². The molecule has 1 rings (SSSR count). The fourth-order valence-electron chi connectivity index (χ4n) is 8.02. The van der Waals surface area contributed by atoms with E-state index in [4.69, 9.17) is 9.05 Å². The molecule has 1 saturated carbocycles. The molecule has 0 spiro atoms. The maximum atomic E-state index is 13.0. The summed E-state index contributed by atoms with van der Waals surface area (Å²) in [4.78, 5) is 23.5. The van der Waals surface area contributed by atoms with E-state index >= 15 is 0 Å². The lowest BCUT2D eigenvalue weighted by molar-refractivity contribution is -0.220. The van der Waals surface area contributed by atoms with E-state index in [9.17, 15) is 50.0 Å². The Bertz CT molecular complexity index is 1240. The fourth-order valence-corrected chi connectivity index (χ4v) is 8.98. The first-order valence-corrected chi connectivity index (χ1v) is 27.0. The van der Waals surface area contributed by atoms with Crippen molar-refractivity contribution in [3.8, 4) is 0 Å².